The Morgan fingerprint density at radius 3 is 1.96 bits per heavy atom. The van der Waals surface area contributed by atoms with Crippen LogP contribution in [-0.4, -0.2) is 12.5 Å². The van der Waals surface area contributed by atoms with Gasteiger partial charge in [0, 0.05) is 10.6 Å². The van der Waals surface area contributed by atoms with Crippen LogP contribution in [0.15, 0.2) is 84.9 Å². The first-order chi connectivity index (χ1) is 13.1. The van der Waals surface area contributed by atoms with Crippen molar-refractivity contribution in [2.45, 2.75) is 19.0 Å². The molecular weight excluding hydrogens is 356 g/mol. The van der Waals surface area contributed by atoms with Crippen LogP contribution in [0.2, 0.25) is 5.02 Å². The summed E-state index contributed by atoms with van der Waals surface area (Å²) in [6.45, 7) is 2.39. The minimum Gasteiger partial charge on any atom is -0.340 e. The highest BCUT2D eigenvalue weighted by Gasteiger charge is 2.19. The molecule has 0 saturated carbocycles. The van der Waals surface area contributed by atoms with Crippen molar-refractivity contribution >= 4 is 17.5 Å². The molecule has 3 nitrogen and oxygen atoms in total. The van der Waals surface area contributed by atoms with E-state index >= 15 is 0 Å². The van der Waals surface area contributed by atoms with E-state index in [1.807, 2.05) is 90.2 Å². The van der Waals surface area contributed by atoms with E-state index in [1.165, 1.54) is 0 Å². The van der Waals surface area contributed by atoms with Gasteiger partial charge in [-0.3, -0.25) is 4.79 Å². The van der Waals surface area contributed by atoms with Crippen molar-refractivity contribution in [1.29, 1.82) is 0 Å². The fourth-order valence-corrected chi connectivity index (χ4v) is 3.43. The summed E-state index contributed by atoms with van der Waals surface area (Å²) in [6.07, 6.45) is 0. The maximum absolute atomic E-state index is 12.6. The van der Waals surface area contributed by atoms with Gasteiger partial charge in [0.2, 0.25) is 0 Å². The fraction of sp³-hybridized carbons (Fsp3) is 0.174. The molecule has 4 heteroatoms. The van der Waals surface area contributed by atoms with Gasteiger partial charge in [0.25, 0.3) is 5.91 Å². The van der Waals surface area contributed by atoms with Crippen LogP contribution < -0.4 is 10.6 Å². The number of carbonyl (C=O) groups excluding carboxylic acids is 1. The van der Waals surface area contributed by atoms with Crippen molar-refractivity contribution in [2.75, 3.05) is 6.54 Å². The van der Waals surface area contributed by atoms with Gasteiger partial charge >= 0.3 is 0 Å². The summed E-state index contributed by atoms with van der Waals surface area (Å²) in [6, 6.07) is 27.8. The zero-order valence-corrected chi connectivity index (χ0v) is 16.1. The minimum atomic E-state index is -0.163. The van der Waals surface area contributed by atoms with Crippen molar-refractivity contribution in [2.24, 2.45) is 0 Å². The fourth-order valence-electron chi connectivity index (χ4n) is 3.13. The molecule has 0 aliphatic heterocycles. The maximum Gasteiger partial charge on any atom is 0.275 e. The molecule has 0 fully saturated rings. The molecule has 0 aliphatic carbocycles. The van der Waals surface area contributed by atoms with Crippen LogP contribution in [0.3, 0.4) is 0 Å². The largest absolute Gasteiger partial charge is 0.340 e. The summed E-state index contributed by atoms with van der Waals surface area (Å²) in [4.78, 5) is 12.6. The van der Waals surface area contributed by atoms with E-state index in [1.54, 1.807) is 0 Å². The molecule has 3 N–H and O–H groups in total. The zero-order valence-electron chi connectivity index (χ0n) is 15.3. The van der Waals surface area contributed by atoms with Crippen LogP contribution in [0.4, 0.5) is 0 Å². The van der Waals surface area contributed by atoms with Crippen LogP contribution in [-0.2, 0) is 4.79 Å². The second-order valence-corrected chi connectivity index (χ2v) is 6.98. The molecule has 0 radical (unpaired) electrons. The smallest absolute Gasteiger partial charge is 0.275 e. The van der Waals surface area contributed by atoms with Gasteiger partial charge in [0.05, 0.1) is 6.04 Å². The second-order valence-electron chi connectivity index (χ2n) is 6.57. The van der Waals surface area contributed by atoms with E-state index in [0.29, 0.717) is 6.54 Å². The van der Waals surface area contributed by atoms with Gasteiger partial charge in [-0.2, -0.15) is 0 Å². The molecule has 0 heterocycles. The monoisotopic (exact) mass is 379 g/mol. The minimum absolute atomic E-state index is 0.00777. The summed E-state index contributed by atoms with van der Waals surface area (Å²) in [7, 11) is 0. The van der Waals surface area contributed by atoms with Gasteiger partial charge in [-0.1, -0.05) is 90.5 Å². The molecule has 0 saturated heterocycles. The number of nitrogens with one attached hydrogen (secondary N) is 1. The molecular formula is C23H24ClN2O+. The van der Waals surface area contributed by atoms with Crippen molar-refractivity contribution in [3.63, 3.8) is 0 Å². The van der Waals surface area contributed by atoms with Crippen LogP contribution in [0, 0.1) is 0 Å². The van der Waals surface area contributed by atoms with Crippen molar-refractivity contribution < 1.29 is 10.1 Å². The van der Waals surface area contributed by atoms with E-state index in [4.69, 9.17) is 11.6 Å². The van der Waals surface area contributed by atoms with Gasteiger partial charge < -0.3 is 10.6 Å². The van der Waals surface area contributed by atoms with Crippen LogP contribution in [0.25, 0.3) is 0 Å². The molecule has 27 heavy (non-hydrogen) atoms. The molecule has 0 bridgehead atoms. The van der Waals surface area contributed by atoms with Crippen molar-refractivity contribution in [3.05, 3.63) is 107 Å². The molecule has 3 aromatic carbocycles. The number of quaternary nitrogens is 1. The number of hydrogen-bond donors (Lipinski definition) is 2. The number of carbonyl (C=O) groups is 1. The Hall–Kier alpha value is -2.62. The number of rotatable bonds is 7. The quantitative estimate of drug-likeness (QED) is 0.643. The normalized spacial score (nSPS) is 12.0. The first-order valence-electron chi connectivity index (χ1n) is 9.12. The second kappa shape index (κ2) is 9.36. The molecule has 3 aromatic rings. The van der Waals surface area contributed by atoms with Gasteiger partial charge in [-0.15, -0.1) is 0 Å². The number of hydrogen-bond acceptors (Lipinski definition) is 1. The van der Waals surface area contributed by atoms with E-state index in [0.717, 1.165) is 21.7 Å². The molecule has 1 amide bonds. The number of halogens is 1. The topological polar surface area (TPSA) is 45.7 Å². The maximum atomic E-state index is 12.6. The molecule has 0 aromatic heterocycles. The van der Waals surface area contributed by atoms with Crippen LogP contribution in [0.5, 0.6) is 0 Å². The molecule has 0 unspecified atom stereocenters. The lowest BCUT2D eigenvalue weighted by atomic mass is 9.99. The van der Waals surface area contributed by atoms with Gasteiger partial charge in [-0.05, 0) is 24.1 Å². The first-order valence-corrected chi connectivity index (χ1v) is 9.50. The molecule has 138 valence electrons. The third-order valence-corrected chi connectivity index (χ3v) is 4.97. The van der Waals surface area contributed by atoms with E-state index in [-0.39, 0.29) is 18.0 Å². The molecule has 0 spiro atoms. The Kier molecular flexibility index (Phi) is 6.64. The average molecular weight is 380 g/mol. The standard InChI is InChI=1S/C23H23ClN2O/c1-17(20-14-8-9-15-21(20)24)25-16-22(27)26-23(18-10-4-2-5-11-18)19-12-6-3-7-13-19/h2-15,17,23,25H,16H2,1H3,(H,26,27)/p+1/t17-/m0/s1. The van der Waals surface area contributed by atoms with Crippen molar-refractivity contribution in [1.82, 2.24) is 5.32 Å². The lowest BCUT2D eigenvalue weighted by Crippen LogP contribution is -2.87. The predicted octanol–water partition coefficient (Wildman–Crippen LogP) is 3.87. The highest BCUT2D eigenvalue weighted by molar-refractivity contribution is 6.31. The van der Waals surface area contributed by atoms with Crippen LogP contribution in [0.1, 0.15) is 35.7 Å². The van der Waals surface area contributed by atoms with Gasteiger partial charge in [-0.25, -0.2) is 0 Å². The average Bonchev–Trinajstić information content (AvgIpc) is 2.72. The lowest BCUT2D eigenvalue weighted by molar-refractivity contribution is -0.682. The lowest BCUT2D eigenvalue weighted by Gasteiger charge is -2.20. The highest BCUT2D eigenvalue weighted by Crippen LogP contribution is 2.22. The third kappa shape index (κ3) is 5.19. The summed E-state index contributed by atoms with van der Waals surface area (Å²) in [5.41, 5.74) is 3.17. The number of benzene rings is 3. The number of amides is 1. The van der Waals surface area contributed by atoms with E-state index < -0.39 is 0 Å². The summed E-state index contributed by atoms with van der Waals surface area (Å²) >= 11 is 6.26. The van der Waals surface area contributed by atoms with Crippen molar-refractivity contribution in [3.8, 4) is 0 Å². The molecule has 3 rings (SSSR count). The Balaban J connectivity index is 1.67. The Morgan fingerprint density at radius 2 is 1.41 bits per heavy atom. The Morgan fingerprint density at radius 1 is 0.889 bits per heavy atom. The summed E-state index contributed by atoms with van der Waals surface area (Å²) in [5, 5.41) is 5.90. The SMILES string of the molecule is C[C@H]([NH2+]CC(=O)NC(c1ccccc1)c1ccccc1)c1ccccc1Cl. The van der Waals surface area contributed by atoms with Gasteiger partial charge in [0.15, 0.2) is 6.54 Å². The third-order valence-electron chi connectivity index (χ3n) is 4.62. The molecule has 0 aliphatic rings. The Bertz CT molecular complexity index is 828. The predicted molar refractivity (Wildman–Crippen MR) is 110 cm³/mol. The Labute approximate surface area is 165 Å². The highest BCUT2D eigenvalue weighted by atomic mass is 35.5. The summed E-state index contributed by atoms with van der Waals surface area (Å²) in [5.74, 6) is -0.00777. The van der Waals surface area contributed by atoms with E-state index in [2.05, 4.69) is 12.2 Å². The summed E-state index contributed by atoms with van der Waals surface area (Å²) < 4.78 is 0. The van der Waals surface area contributed by atoms with Gasteiger partial charge in [0.1, 0.15) is 6.04 Å². The first kappa shape index (κ1) is 19.2. The molecule has 1 atom stereocenters. The zero-order chi connectivity index (χ0) is 19.1. The number of nitrogens with two attached hydrogens (primary N) is 1. The van der Waals surface area contributed by atoms with E-state index in [9.17, 15) is 4.79 Å². The van der Waals surface area contributed by atoms with Crippen LogP contribution >= 0.6 is 11.6 Å².